The Bertz CT molecular complexity index is 925. The third kappa shape index (κ3) is 9.65. The zero-order chi connectivity index (χ0) is 28.6. The molecule has 1 aliphatic carbocycles. The molecular formula is C29H46N4O6. The first-order valence-electron chi connectivity index (χ1n) is 14.6. The normalized spacial score (nSPS) is 27.6. The number of hydrogen-bond donors (Lipinski definition) is 3. The largest absolute Gasteiger partial charge is 0.444 e. The molecule has 0 spiro atoms. The zero-order valence-corrected chi connectivity index (χ0v) is 23.8. The van der Waals surface area contributed by atoms with E-state index in [4.69, 9.17) is 4.74 Å². The third-order valence-electron chi connectivity index (χ3n) is 7.50. The Morgan fingerprint density at radius 2 is 1.56 bits per heavy atom. The number of Topliss-reactive ketones (excluding diaryl/α,β-unsaturated/α-hetero) is 1. The molecule has 3 aliphatic rings. The van der Waals surface area contributed by atoms with Crippen LogP contribution in [0.1, 0.15) is 97.8 Å². The van der Waals surface area contributed by atoms with Gasteiger partial charge in [-0.15, -0.1) is 6.58 Å². The van der Waals surface area contributed by atoms with Crippen molar-refractivity contribution in [2.45, 2.75) is 128 Å². The van der Waals surface area contributed by atoms with Gasteiger partial charge in [0, 0.05) is 12.6 Å². The van der Waals surface area contributed by atoms with E-state index in [1.165, 1.54) is 4.90 Å². The Hall–Kier alpha value is -2.91. The first-order valence-corrected chi connectivity index (χ1v) is 14.6. The number of fused-ring (bicyclic) bond motifs is 1. The first-order chi connectivity index (χ1) is 18.5. The van der Waals surface area contributed by atoms with Crippen LogP contribution in [0.25, 0.3) is 0 Å². The van der Waals surface area contributed by atoms with Crippen LogP contribution in [0.4, 0.5) is 4.79 Å². The standard InChI is InChI=1S/C29H46N4O6/c1-5-19-17-23-25(35)31-21(24(34)26(36)30-20-15-16-20)13-11-9-7-6-8-10-12-14-22(27(37)33(23)18-19)32-28(38)39-29(2,3)4/h5,19-23H,1,6-18H2,2-4H3,(H,30,36)(H,31,35)(H,32,38)/t19-,21+,22+,23+/m1/s1. The van der Waals surface area contributed by atoms with Gasteiger partial charge in [0.05, 0.1) is 6.04 Å². The molecule has 10 nitrogen and oxygen atoms in total. The van der Waals surface area contributed by atoms with Crippen LogP contribution in [0, 0.1) is 5.92 Å². The van der Waals surface area contributed by atoms with Crippen LogP contribution in [0.5, 0.6) is 0 Å². The average molecular weight is 547 g/mol. The first kappa shape index (κ1) is 30.6. The van der Waals surface area contributed by atoms with Gasteiger partial charge >= 0.3 is 6.09 Å². The number of ketones is 1. The van der Waals surface area contributed by atoms with Gasteiger partial charge in [-0.05, 0) is 58.8 Å². The number of rotatable bonds is 5. The summed E-state index contributed by atoms with van der Waals surface area (Å²) < 4.78 is 5.41. The molecule has 4 atom stereocenters. The predicted octanol–water partition coefficient (Wildman–Crippen LogP) is 3.14. The molecule has 3 fully saturated rings. The summed E-state index contributed by atoms with van der Waals surface area (Å²) in [6.45, 7) is 9.40. The Morgan fingerprint density at radius 3 is 2.15 bits per heavy atom. The van der Waals surface area contributed by atoms with Crippen LogP contribution in [0.2, 0.25) is 0 Å². The quantitative estimate of drug-likeness (QED) is 0.358. The molecule has 0 unspecified atom stereocenters. The summed E-state index contributed by atoms with van der Waals surface area (Å²) in [7, 11) is 0. The Kier molecular flexibility index (Phi) is 10.9. The van der Waals surface area contributed by atoms with Gasteiger partial charge in [0.1, 0.15) is 17.7 Å². The minimum absolute atomic E-state index is 0.0362. The van der Waals surface area contributed by atoms with Gasteiger partial charge in [-0.3, -0.25) is 19.2 Å². The molecule has 1 saturated carbocycles. The second kappa shape index (κ2) is 13.9. The number of carbonyl (C=O) groups excluding carboxylic acids is 5. The number of hydrogen-bond acceptors (Lipinski definition) is 6. The number of amides is 4. The smallest absolute Gasteiger partial charge is 0.408 e. The van der Waals surface area contributed by atoms with E-state index in [9.17, 15) is 24.0 Å². The lowest BCUT2D eigenvalue weighted by Crippen LogP contribution is -2.56. The molecule has 0 bridgehead atoms. The van der Waals surface area contributed by atoms with E-state index >= 15 is 0 Å². The lowest BCUT2D eigenvalue weighted by atomic mass is 9.99. The molecule has 2 heterocycles. The van der Waals surface area contributed by atoms with Crippen molar-refractivity contribution in [2.75, 3.05) is 6.54 Å². The maximum Gasteiger partial charge on any atom is 0.408 e. The Labute approximate surface area is 232 Å². The fourth-order valence-electron chi connectivity index (χ4n) is 5.20. The number of nitrogens with one attached hydrogen (secondary N) is 3. The van der Waals surface area contributed by atoms with Crippen molar-refractivity contribution in [3.63, 3.8) is 0 Å². The summed E-state index contributed by atoms with van der Waals surface area (Å²) in [5.74, 6) is -2.24. The Morgan fingerprint density at radius 1 is 0.949 bits per heavy atom. The molecule has 0 aromatic rings. The van der Waals surface area contributed by atoms with Crippen molar-refractivity contribution in [3.05, 3.63) is 12.7 Å². The summed E-state index contributed by atoms with van der Waals surface area (Å²) >= 11 is 0. The minimum Gasteiger partial charge on any atom is -0.444 e. The molecule has 3 rings (SSSR count). The van der Waals surface area contributed by atoms with E-state index in [1.807, 2.05) is 0 Å². The summed E-state index contributed by atoms with van der Waals surface area (Å²) in [5, 5.41) is 8.27. The highest BCUT2D eigenvalue weighted by molar-refractivity contribution is 6.38. The second-order valence-corrected chi connectivity index (χ2v) is 12.2. The van der Waals surface area contributed by atoms with Gasteiger partial charge in [0.25, 0.3) is 5.91 Å². The molecule has 0 radical (unpaired) electrons. The zero-order valence-electron chi connectivity index (χ0n) is 23.8. The fourth-order valence-corrected chi connectivity index (χ4v) is 5.20. The van der Waals surface area contributed by atoms with Gasteiger partial charge in [-0.2, -0.15) is 0 Å². The lowest BCUT2D eigenvalue weighted by Gasteiger charge is -2.30. The van der Waals surface area contributed by atoms with E-state index in [0.29, 0.717) is 19.3 Å². The second-order valence-electron chi connectivity index (χ2n) is 12.2. The van der Waals surface area contributed by atoms with Crippen LogP contribution >= 0.6 is 0 Å². The molecule has 0 aromatic carbocycles. The van der Waals surface area contributed by atoms with Crippen molar-refractivity contribution in [2.24, 2.45) is 5.92 Å². The molecule has 4 amide bonds. The highest BCUT2D eigenvalue weighted by atomic mass is 16.6. The molecule has 39 heavy (non-hydrogen) atoms. The SMILES string of the molecule is C=C[C@@H]1C[C@H]2C(=O)N[C@H](C(=O)C(=O)NC3CC3)CCCCCCCCC[C@H](NC(=O)OC(C)(C)C)C(=O)N2C1. The highest BCUT2D eigenvalue weighted by Crippen LogP contribution is 2.27. The van der Waals surface area contributed by atoms with Crippen molar-refractivity contribution in [3.8, 4) is 0 Å². The van der Waals surface area contributed by atoms with E-state index in [0.717, 1.165) is 57.8 Å². The summed E-state index contributed by atoms with van der Waals surface area (Å²) in [6.07, 6.45) is 10.2. The molecule has 10 heteroatoms. The van der Waals surface area contributed by atoms with Crippen molar-refractivity contribution in [1.82, 2.24) is 20.9 Å². The van der Waals surface area contributed by atoms with E-state index in [-0.39, 0.29) is 24.4 Å². The van der Waals surface area contributed by atoms with Crippen LogP contribution in [-0.4, -0.2) is 70.8 Å². The molecule has 218 valence electrons. The average Bonchev–Trinajstić information content (AvgIpc) is 3.57. The topological polar surface area (TPSA) is 134 Å². The fraction of sp³-hybridized carbons (Fsp3) is 0.759. The maximum atomic E-state index is 13.8. The summed E-state index contributed by atoms with van der Waals surface area (Å²) in [5.41, 5.74) is -0.719. The van der Waals surface area contributed by atoms with Crippen LogP contribution in [-0.2, 0) is 23.9 Å². The third-order valence-corrected chi connectivity index (χ3v) is 7.50. The number of carbonyl (C=O) groups is 5. The summed E-state index contributed by atoms with van der Waals surface area (Å²) in [4.78, 5) is 67.0. The molecule has 2 saturated heterocycles. The van der Waals surface area contributed by atoms with Gasteiger partial charge in [-0.1, -0.05) is 51.0 Å². The van der Waals surface area contributed by atoms with Crippen LogP contribution in [0.15, 0.2) is 12.7 Å². The monoisotopic (exact) mass is 546 g/mol. The van der Waals surface area contributed by atoms with Crippen molar-refractivity contribution < 1.29 is 28.7 Å². The van der Waals surface area contributed by atoms with E-state index in [1.54, 1.807) is 26.8 Å². The van der Waals surface area contributed by atoms with Gasteiger partial charge < -0.3 is 25.6 Å². The summed E-state index contributed by atoms with van der Waals surface area (Å²) in [6, 6.07) is -2.58. The molecular weight excluding hydrogens is 500 g/mol. The van der Waals surface area contributed by atoms with E-state index < -0.39 is 47.4 Å². The predicted molar refractivity (Wildman–Crippen MR) is 147 cm³/mol. The van der Waals surface area contributed by atoms with Crippen molar-refractivity contribution in [1.29, 1.82) is 0 Å². The minimum atomic E-state index is -0.945. The number of alkyl carbamates (subject to hydrolysis) is 1. The molecule has 3 N–H and O–H groups in total. The van der Waals surface area contributed by atoms with Gasteiger partial charge in [-0.25, -0.2) is 4.79 Å². The van der Waals surface area contributed by atoms with Gasteiger partial charge in [0.15, 0.2) is 0 Å². The molecule has 0 aromatic heterocycles. The van der Waals surface area contributed by atoms with Crippen LogP contribution < -0.4 is 16.0 Å². The lowest BCUT2D eigenvalue weighted by molar-refractivity contribution is -0.143. The van der Waals surface area contributed by atoms with Crippen LogP contribution in [0.3, 0.4) is 0 Å². The van der Waals surface area contributed by atoms with Gasteiger partial charge in [0.2, 0.25) is 17.6 Å². The molecule has 2 aliphatic heterocycles. The number of nitrogens with zero attached hydrogens (tertiary/aromatic N) is 1. The maximum absolute atomic E-state index is 13.8. The van der Waals surface area contributed by atoms with Crippen molar-refractivity contribution >= 4 is 29.6 Å². The van der Waals surface area contributed by atoms with E-state index in [2.05, 4.69) is 22.5 Å². The Balaban J connectivity index is 1.81. The highest BCUT2D eigenvalue weighted by Gasteiger charge is 2.42. The number of ether oxygens (including phenoxy) is 1.